The molecule has 0 aliphatic carbocycles. The molecule has 64 valence electrons. The average Bonchev–Trinajstić information content (AvgIpc) is 2.09. The Kier molecular flexibility index (Phi) is 4.47. The van der Waals surface area contributed by atoms with Gasteiger partial charge in [-0.15, -0.1) is 0 Å². The van der Waals surface area contributed by atoms with Gasteiger partial charge < -0.3 is 5.73 Å². The van der Waals surface area contributed by atoms with Crippen LogP contribution in [0.25, 0.3) is 0 Å². The Labute approximate surface area is 72.8 Å². The van der Waals surface area contributed by atoms with Crippen LogP contribution in [0.1, 0.15) is 25.3 Å². The molecule has 0 unspecified atom stereocenters. The zero-order chi connectivity index (χ0) is 9.56. The van der Waals surface area contributed by atoms with Crippen molar-refractivity contribution in [2.75, 3.05) is 5.73 Å². The third kappa shape index (κ3) is 3.02. The Morgan fingerprint density at radius 2 is 2.00 bits per heavy atom. The summed E-state index contributed by atoms with van der Waals surface area (Å²) >= 11 is 0. The molecule has 0 radical (unpaired) electrons. The highest BCUT2D eigenvalue weighted by molar-refractivity contribution is 5.30. The lowest BCUT2D eigenvalue weighted by atomic mass is 10.1. The van der Waals surface area contributed by atoms with E-state index in [0.29, 0.717) is 11.7 Å². The highest BCUT2D eigenvalue weighted by Crippen LogP contribution is 2.12. The molecule has 0 aliphatic heterocycles. The average molecular weight is 163 g/mol. The van der Waals surface area contributed by atoms with Crippen LogP contribution in [0.3, 0.4) is 0 Å². The molecule has 0 saturated heterocycles. The van der Waals surface area contributed by atoms with Crippen LogP contribution < -0.4 is 5.73 Å². The van der Waals surface area contributed by atoms with Crippen LogP contribution in [0.15, 0.2) is 18.3 Å². The standard InChI is InChI=1S/C8H12N2.CHN/c1-6(2)7-3-4-8(9)10-5-7;1-2/h3-6H,1-2H3,(H2,9,10);1H. The highest BCUT2D eigenvalue weighted by Gasteiger charge is 1.96. The van der Waals surface area contributed by atoms with E-state index in [0.717, 1.165) is 0 Å². The van der Waals surface area contributed by atoms with E-state index in [1.807, 2.05) is 18.3 Å². The first kappa shape index (κ1) is 10.4. The van der Waals surface area contributed by atoms with Crippen LogP contribution >= 0.6 is 0 Å². The summed E-state index contributed by atoms with van der Waals surface area (Å²) in [4.78, 5) is 3.98. The van der Waals surface area contributed by atoms with Crippen LogP contribution in [-0.4, -0.2) is 4.98 Å². The van der Waals surface area contributed by atoms with Crippen molar-refractivity contribution in [3.63, 3.8) is 0 Å². The molecule has 0 aromatic carbocycles. The summed E-state index contributed by atoms with van der Waals surface area (Å²) in [6.45, 7) is 7.76. The number of nitriles is 1. The number of anilines is 1. The second-order valence-electron chi connectivity index (χ2n) is 2.67. The maximum Gasteiger partial charge on any atom is 0.123 e. The molecule has 0 atom stereocenters. The van der Waals surface area contributed by atoms with Gasteiger partial charge in [0, 0.05) is 12.8 Å². The van der Waals surface area contributed by atoms with Gasteiger partial charge in [-0.3, -0.25) is 0 Å². The molecule has 3 nitrogen and oxygen atoms in total. The van der Waals surface area contributed by atoms with Gasteiger partial charge in [-0.05, 0) is 17.5 Å². The topological polar surface area (TPSA) is 62.7 Å². The van der Waals surface area contributed by atoms with E-state index in [4.69, 9.17) is 11.0 Å². The first-order chi connectivity index (χ1) is 5.70. The molecule has 0 amide bonds. The van der Waals surface area contributed by atoms with E-state index in [-0.39, 0.29) is 0 Å². The number of rotatable bonds is 1. The minimum Gasteiger partial charge on any atom is -0.384 e. The maximum absolute atomic E-state index is 6.50. The lowest BCUT2D eigenvalue weighted by molar-refractivity contribution is 0.859. The van der Waals surface area contributed by atoms with Gasteiger partial charge >= 0.3 is 0 Å². The van der Waals surface area contributed by atoms with Gasteiger partial charge in [-0.2, -0.15) is 0 Å². The first-order valence-corrected chi connectivity index (χ1v) is 3.67. The highest BCUT2D eigenvalue weighted by atomic mass is 14.8. The summed E-state index contributed by atoms with van der Waals surface area (Å²) in [6, 6.07) is 3.84. The molecule has 1 heterocycles. The third-order valence-electron chi connectivity index (χ3n) is 1.48. The van der Waals surface area contributed by atoms with Crippen LogP contribution in [0, 0.1) is 11.8 Å². The molecular weight excluding hydrogens is 150 g/mol. The maximum atomic E-state index is 6.50. The van der Waals surface area contributed by atoms with Crippen molar-refractivity contribution >= 4 is 5.82 Å². The van der Waals surface area contributed by atoms with Crippen molar-refractivity contribution in [3.05, 3.63) is 23.9 Å². The van der Waals surface area contributed by atoms with Crippen LogP contribution in [0.5, 0.6) is 0 Å². The zero-order valence-electron chi connectivity index (χ0n) is 7.36. The fraction of sp³-hybridized carbons (Fsp3) is 0.333. The fourth-order valence-electron chi connectivity index (χ4n) is 0.758. The van der Waals surface area contributed by atoms with E-state index >= 15 is 0 Å². The largest absolute Gasteiger partial charge is 0.384 e. The Hall–Kier alpha value is -1.56. The van der Waals surface area contributed by atoms with E-state index in [1.54, 1.807) is 0 Å². The Balaban J connectivity index is 0.000000561. The SMILES string of the molecule is C#N.CC(C)c1ccc(N)nc1. The zero-order valence-corrected chi connectivity index (χ0v) is 7.36. The molecule has 0 saturated carbocycles. The lowest BCUT2D eigenvalue weighted by Gasteiger charge is -2.02. The van der Waals surface area contributed by atoms with Gasteiger partial charge in [0.15, 0.2) is 0 Å². The predicted octanol–water partition coefficient (Wildman–Crippen LogP) is 1.93. The third-order valence-corrected chi connectivity index (χ3v) is 1.48. The number of hydrogen-bond acceptors (Lipinski definition) is 3. The quantitative estimate of drug-likeness (QED) is 0.688. The van der Waals surface area contributed by atoms with Crippen molar-refractivity contribution in [1.29, 1.82) is 5.26 Å². The number of aromatic nitrogens is 1. The van der Waals surface area contributed by atoms with Crippen molar-refractivity contribution in [3.8, 4) is 6.57 Å². The Bertz CT molecular complexity index is 236. The summed E-state index contributed by atoms with van der Waals surface area (Å²) in [5.74, 6) is 1.12. The molecule has 1 aromatic heterocycles. The monoisotopic (exact) mass is 163 g/mol. The smallest absolute Gasteiger partial charge is 0.123 e. The summed E-state index contributed by atoms with van der Waals surface area (Å²) in [5, 5.41) is 6.50. The van der Waals surface area contributed by atoms with Gasteiger partial charge in [0.2, 0.25) is 0 Å². The van der Waals surface area contributed by atoms with Gasteiger partial charge in [0.1, 0.15) is 5.82 Å². The molecule has 0 fully saturated rings. The second kappa shape index (κ2) is 5.14. The Morgan fingerprint density at radius 1 is 1.42 bits per heavy atom. The summed E-state index contributed by atoms with van der Waals surface area (Å²) in [7, 11) is 0. The van der Waals surface area contributed by atoms with Gasteiger partial charge in [-0.1, -0.05) is 19.9 Å². The number of nitrogens with zero attached hydrogens (tertiary/aromatic N) is 2. The predicted molar refractivity (Wildman–Crippen MR) is 49.4 cm³/mol. The summed E-state index contributed by atoms with van der Waals surface area (Å²) < 4.78 is 0. The summed E-state index contributed by atoms with van der Waals surface area (Å²) in [6.07, 6.45) is 1.82. The molecule has 0 spiro atoms. The number of pyridine rings is 1. The minimum absolute atomic E-state index is 0.535. The first-order valence-electron chi connectivity index (χ1n) is 3.67. The molecule has 1 aromatic rings. The second-order valence-corrected chi connectivity index (χ2v) is 2.67. The van der Waals surface area contributed by atoms with Gasteiger partial charge in [0.05, 0.1) is 0 Å². The van der Waals surface area contributed by atoms with Crippen molar-refractivity contribution < 1.29 is 0 Å². The molecule has 12 heavy (non-hydrogen) atoms. The van der Waals surface area contributed by atoms with Gasteiger partial charge in [0.25, 0.3) is 0 Å². The molecule has 0 bridgehead atoms. The van der Waals surface area contributed by atoms with Crippen molar-refractivity contribution in [1.82, 2.24) is 4.98 Å². The lowest BCUT2D eigenvalue weighted by Crippen LogP contribution is -1.92. The number of nitrogen functional groups attached to an aromatic ring is 1. The van der Waals surface area contributed by atoms with Crippen LogP contribution in [0.2, 0.25) is 0 Å². The van der Waals surface area contributed by atoms with Crippen molar-refractivity contribution in [2.24, 2.45) is 0 Å². The normalized spacial score (nSPS) is 8.75. The number of hydrogen-bond donors (Lipinski definition) is 1. The van der Waals surface area contributed by atoms with E-state index in [1.165, 1.54) is 5.56 Å². The van der Waals surface area contributed by atoms with E-state index in [2.05, 4.69) is 25.4 Å². The van der Waals surface area contributed by atoms with Gasteiger partial charge in [-0.25, -0.2) is 10.2 Å². The molecule has 0 aliphatic rings. The molecule has 3 heteroatoms. The molecular formula is C9H13N3. The van der Waals surface area contributed by atoms with Crippen LogP contribution in [0.4, 0.5) is 5.82 Å². The summed E-state index contributed by atoms with van der Waals surface area (Å²) in [5.41, 5.74) is 6.65. The van der Waals surface area contributed by atoms with E-state index < -0.39 is 0 Å². The fourth-order valence-corrected chi connectivity index (χ4v) is 0.758. The Morgan fingerprint density at radius 3 is 2.33 bits per heavy atom. The molecule has 2 N–H and O–H groups in total. The van der Waals surface area contributed by atoms with E-state index in [9.17, 15) is 0 Å². The molecule has 1 rings (SSSR count). The minimum atomic E-state index is 0.535. The number of nitrogens with two attached hydrogens (primary N) is 1. The van der Waals surface area contributed by atoms with Crippen LogP contribution in [-0.2, 0) is 0 Å². The van der Waals surface area contributed by atoms with Crippen molar-refractivity contribution in [2.45, 2.75) is 19.8 Å².